The number of anilines is 2. The van der Waals surface area contributed by atoms with Crippen LogP contribution in [0.4, 0.5) is 11.4 Å². The number of carbonyl (C=O) groups excluding carboxylic acids is 4. The molecule has 1 aliphatic rings. The Kier molecular flexibility index (Phi) is 5.81. The molecule has 1 N–H and O–H groups in total. The summed E-state index contributed by atoms with van der Waals surface area (Å²) >= 11 is 0. The van der Waals surface area contributed by atoms with Gasteiger partial charge in [-0.15, -0.1) is 0 Å². The normalized spacial score (nSPS) is 12.5. The van der Waals surface area contributed by atoms with Crippen LogP contribution >= 0.6 is 0 Å². The first kappa shape index (κ1) is 21.0. The van der Waals surface area contributed by atoms with Crippen LogP contribution in [0.5, 0.6) is 0 Å². The van der Waals surface area contributed by atoms with E-state index < -0.39 is 30.3 Å². The Morgan fingerprint density at radius 1 is 0.844 bits per heavy atom. The zero-order chi connectivity index (χ0) is 22.7. The summed E-state index contributed by atoms with van der Waals surface area (Å²) < 4.78 is 5.10. The van der Waals surface area contributed by atoms with E-state index in [1.165, 1.54) is 24.3 Å². The Morgan fingerprint density at radius 3 is 2.06 bits per heavy atom. The van der Waals surface area contributed by atoms with Crippen molar-refractivity contribution in [1.29, 1.82) is 0 Å². The molecule has 0 spiro atoms. The van der Waals surface area contributed by atoms with E-state index in [1.807, 2.05) is 25.1 Å². The van der Waals surface area contributed by atoms with Crippen molar-refractivity contribution in [3.63, 3.8) is 0 Å². The van der Waals surface area contributed by atoms with E-state index in [-0.39, 0.29) is 5.56 Å². The van der Waals surface area contributed by atoms with Crippen molar-refractivity contribution < 1.29 is 23.9 Å². The molecule has 0 aromatic heterocycles. The van der Waals surface area contributed by atoms with E-state index in [4.69, 9.17) is 4.74 Å². The molecule has 0 saturated carbocycles. The summed E-state index contributed by atoms with van der Waals surface area (Å²) in [6.07, 6.45) is 0.760. The number of fused-ring (bicyclic) bond motifs is 1. The van der Waals surface area contributed by atoms with Gasteiger partial charge >= 0.3 is 5.97 Å². The van der Waals surface area contributed by atoms with E-state index in [1.54, 1.807) is 30.3 Å². The third-order valence-electron chi connectivity index (χ3n) is 5.16. The molecule has 1 aliphatic heterocycles. The third-order valence-corrected chi connectivity index (χ3v) is 5.16. The molecular weight excluding hydrogens is 408 g/mol. The van der Waals surface area contributed by atoms with Gasteiger partial charge in [-0.1, -0.05) is 37.3 Å². The van der Waals surface area contributed by atoms with Crippen molar-refractivity contribution in [1.82, 2.24) is 0 Å². The molecule has 0 atom stereocenters. The molecular formula is C25H20N2O5. The molecule has 0 aliphatic carbocycles. The maximum Gasteiger partial charge on any atom is 0.338 e. The minimum absolute atomic E-state index is 0.201. The predicted molar refractivity (Wildman–Crippen MR) is 119 cm³/mol. The second-order valence-corrected chi connectivity index (χ2v) is 7.17. The fourth-order valence-electron chi connectivity index (χ4n) is 3.52. The van der Waals surface area contributed by atoms with Gasteiger partial charge < -0.3 is 10.1 Å². The number of nitrogens with zero attached hydrogens (tertiary/aromatic N) is 1. The average molecular weight is 428 g/mol. The van der Waals surface area contributed by atoms with E-state index in [0.717, 1.165) is 16.9 Å². The largest absolute Gasteiger partial charge is 0.452 e. The van der Waals surface area contributed by atoms with Crippen molar-refractivity contribution >= 4 is 35.1 Å². The quantitative estimate of drug-likeness (QED) is 0.476. The number of esters is 1. The molecule has 3 aromatic rings. The summed E-state index contributed by atoms with van der Waals surface area (Å²) in [7, 11) is 0. The van der Waals surface area contributed by atoms with Crippen LogP contribution in [0.25, 0.3) is 0 Å². The predicted octanol–water partition coefficient (Wildman–Crippen LogP) is 3.85. The molecule has 7 heteroatoms. The molecule has 4 rings (SSSR count). The van der Waals surface area contributed by atoms with E-state index in [0.29, 0.717) is 22.5 Å². The summed E-state index contributed by atoms with van der Waals surface area (Å²) in [5.74, 6) is -1.95. The second-order valence-electron chi connectivity index (χ2n) is 7.17. The van der Waals surface area contributed by atoms with Gasteiger partial charge in [-0.2, -0.15) is 0 Å². The number of aryl methyl sites for hydroxylation is 1. The molecule has 7 nitrogen and oxygen atoms in total. The number of imide groups is 1. The lowest BCUT2D eigenvalue weighted by molar-refractivity contribution is -0.119. The first-order valence-corrected chi connectivity index (χ1v) is 10.1. The minimum atomic E-state index is -0.683. The highest BCUT2D eigenvalue weighted by molar-refractivity contribution is 6.34. The molecule has 0 unspecified atom stereocenters. The number of hydrogen-bond donors (Lipinski definition) is 1. The van der Waals surface area contributed by atoms with E-state index in [2.05, 4.69) is 5.32 Å². The third kappa shape index (κ3) is 4.00. The van der Waals surface area contributed by atoms with Crippen molar-refractivity contribution in [2.45, 2.75) is 13.3 Å². The molecule has 32 heavy (non-hydrogen) atoms. The smallest absolute Gasteiger partial charge is 0.338 e. The van der Waals surface area contributed by atoms with Gasteiger partial charge in [0.2, 0.25) is 0 Å². The zero-order valence-corrected chi connectivity index (χ0v) is 17.3. The Balaban J connectivity index is 1.38. The Labute approximate surface area is 184 Å². The SMILES string of the molecule is CCc1ccccc1NC(=O)COC(=O)c1ccc(N2C(=O)c3ccccc3C2=O)cc1. The van der Waals surface area contributed by atoms with Crippen molar-refractivity contribution in [2.24, 2.45) is 0 Å². The maximum absolute atomic E-state index is 12.6. The Morgan fingerprint density at radius 2 is 1.44 bits per heavy atom. The molecule has 3 aromatic carbocycles. The molecule has 0 saturated heterocycles. The monoisotopic (exact) mass is 428 g/mol. The summed E-state index contributed by atoms with van der Waals surface area (Å²) in [5, 5.41) is 2.74. The maximum atomic E-state index is 12.6. The second kappa shape index (κ2) is 8.85. The lowest BCUT2D eigenvalue weighted by Gasteiger charge is -2.14. The van der Waals surface area contributed by atoms with Crippen LogP contribution in [-0.4, -0.2) is 30.3 Å². The lowest BCUT2D eigenvalue weighted by atomic mass is 10.1. The number of carbonyl (C=O) groups is 4. The van der Waals surface area contributed by atoms with Gasteiger partial charge in [-0.3, -0.25) is 14.4 Å². The Bertz CT molecular complexity index is 1180. The van der Waals surface area contributed by atoms with Gasteiger partial charge in [0.1, 0.15) is 0 Å². The van der Waals surface area contributed by atoms with Crippen LogP contribution in [0.3, 0.4) is 0 Å². The lowest BCUT2D eigenvalue weighted by Crippen LogP contribution is -2.29. The number of benzene rings is 3. The molecule has 1 heterocycles. The minimum Gasteiger partial charge on any atom is -0.452 e. The first-order valence-electron chi connectivity index (χ1n) is 10.1. The zero-order valence-electron chi connectivity index (χ0n) is 17.3. The molecule has 0 radical (unpaired) electrons. The highest BCUT2D eigenvalue weighted by atomic mass is 16.5. The summed E-state index contributed by atoms with van der Waals surface area (Å²) in [5.41, 5.74) is 2.90. The Hall–Kier alpha value is -4.26. The van der Waals surface area contributed by atoms with Crippen LogP contribution in [0, 0.1) is 0 Å². The number of nitrogens with one attached hydrogen (secondary N) is 1. The van der Waals surface area contributed by atoms with Crippen LogP contribution in [-0.2, 0) is 16.0 Å². The number of rotatable bonds is 6. The van der Waals surface area contributed by atoms with Crippen LogP contribution in [0.1, 0.15) is 43.6 Å². The number of hydrogen-bond acceptors (Lipinski definition) is 5. The number of para-hydroxylation sites is 1. The first-order chi connectivity index (χ1) is 15.5. The standard InChI is InChI=1S/C25H20N2O5/c1-2-16-7-3-6-10-21(16)26-22(28)15-32-25(31)17-11-13-18(14-12-17)27-23(29)19-8-4-5-9-20(19)24(27)30/h3-14H,2,15H2,1H3,(H,26,28). The summed E-state index contributed by atoms with van der Waals surface area (Å²) in [4.78, 5) is 50.7. The van der Waals surface area contributed by atoms with Gasteiger partial charge in [0.15, 0.2) is 6.61 Å². The van der Waals surface area contributed by atoms with Gasteiger partial charge in [-0.25, -0.2) is 9.69 Å². The van der Waals surface area contributed by atoms with Crippen molar-refractivity contribution in [2.75, 3.05) is 16.8 Å². The van der Waals surface area contributed by atoms with Crippen LogP contribution in [0.15, 0.2) is 72.8 Å². The van der Waals surface area contributed by atoms with E-state index >= 15 is 0 Å². The summed E-state index contributed by atoms with van der Waals surface area (Å²) in [6.45, 7) is 1.55. The highest BCUT2D eigenvalue weighted by Gasteiger charge is 2.36. The van der Waals surface area contributed by atoms with Crippen LogP contribution in [0.2, 0.25) is 0 Å². The average Bonchev–Trinajstić information content (AvgIpc) is 3.08. The number of ether oxygens (including phenoxy) is 1. The molecule has 160 valence electrons. The fourth-order valence-corrected chi connectivity index (χ4v) is 3.52. The van der Waals surface area contributed by atoms with Gasteiger partial charge in [0.25, 0.3) is 17.7 Å². The fraction of sp³-hybridized carbons (Fsp3) is 0.120. The van der Waals surface area contributed by atoms with Crippen molar-refractivity contribution in [3.05, 3.63) is 95.1 Å². The van der Waals surface area contributed by atoms with Crippen LogP contribution < -0.4 is 10.2 Å². The van der Waals surface area contributed by atoms with E-state index in [9.17, 15) is 19.2 Å². The molecule has 3 amide bonds. The molecule has 0 bridgehead atoms. The van der Waals surface area contributed by atoms with Gasteiger partial charge in [-0.05, 0) is 54.4 Å². The highest BCUT2D eigenvalue weighted by Crippen LogP contribution is 2.28. The van der Waals surface area contributed by atoms with Gasteiger partial charge in [0, 0.05) is 5.69 Å². The summed E-state index contributed by atoms with van der Waals surface area (Å²) in [6, 6.07) is 19.9. The molecule has 0 fully saturated rings. The topological polar surface area (TPSA) is 92.8 Å². The van der Waals surface area contributed by atoms with Gasteiger partial charge in [0.05, 0.1) is 22.4 Å². The number of amides is 3. The van der Waals surface area contributed by atoms with Crippen molar-refractivity contribution in [3.8, 4) is 0 Å².